The fourth-order valence-electron chi connectivity index (χ4n) is 1.29. The largest absolute Gasteiger partial charge is 0.417 e. The third-order valence-corrected chi connectivity index (χ3v) is 3.23. The van der Waals surface area contributed by atoms with E-state index in [2.05, 4.69) is 5.32 Å². The van der Waals surface area contributed by atoms with E-state index in [1.165, 1.54) is 11.8 Å². The lowest BCUT2D eigenvalue weighted by Gasteiger charge is -2.25. The van der Waals surface area contributed by atoms with Crippen LogP contribution in [-0.4, -0.2) is 29.0 Å². The number of carbonyl (C=O) groups excluding carboxylic acids is 1. The molecule has 1 amide bonds. The minimum Gasteiger partial charge on any atom is -0.380 e. The van der Waals surface area contributed by atoms with Gasteiger partial charge in [-0.25, -0.2) is 0 Å². The van der Waals surface area contributed by atoms with Crippen molar-refractivity contribution in [3.63, 3.8) is 0 Å². The first kappa shape index (κ1) is 15.8. The maximum atomic E-state index is 12.4. The summed E-state index contributed by atoms with van der Waals surface area (Å²) in [6, 6.07) is 6.66. The first-order chi connectivity index (χ1) is 8.65. The van der Waals surface area contributed by atoms with Crippen LogP contribution in [0.2, 0.25) is 0 Å². The number of amides is 1. The van der Waals surface area contributed by atoms with Gasteiger partial charge in [-0.15, -0.1) is 11.8 Å². The van der Waals surface area contributed by atoms with Crippen molar-refractivity contribution in [2.75, 3.05) is 11.6 Å². The van der Waals surface area contributed by atoms with E-state index in [0.29, 0.717) is 12.6 Å². The first-order valence-electron chi connectivity index (χ1n) is 5.39. The van der Waals surface area contributed by atoms with Gasteiger partial charge in [-0.1, -0.05) is 0 Å². The first-order valence-corrected chi connectivity index (χ1v) is 6.61. The molecule has 0 radical (unpaired) electrons. The predicted molar refractivity (Wildman–Crippen MR) is 68.1 cm³/mol. The Morgan fingerprint density at radius 1 is 1.32 bits per heavy atom. The van der Waals surface area contributed by atoms with Crippen LogP contribution in [-0.2, 0) is 4.79 Å². The molecule has 0 aliphatic heterocycles. The average molecular weight is 293 g/mol. The summed E-state index contributed by atoms with van der Waals surface area (Å²) in [6.07, 6.45) is -4.00. The number of anilines is 1. The maximum absolute atomic E-state index is 12.4. The Kier molecular flexibility index (Phi) is 4.86. The number of carbonyl (C=O) groups is 1. The molecular weight excluding hydrogens is 279 g/mol. The fraction of sp³-hybridized carbons (Fsp3) is 0.417. The molecule has 7 heteroatoms. The third kappa shape index (κ3) is 4.43. The molecule has 0 aliphatic rings. The second kappa shape index (κ2) is 5.83. The molecule has 1 aromatic carbocycles. The van der Waals surface area contributed by atoms with E-state index in [1.807, 2.05) is 6.26 Å². The highest BCUT2D eigenvalue weighted by Gasteiger charge is 2.50. The van der Waals surface area contributed by atoms with Gasteiger partial charge in [0.1, 0.15) is 0 Å². The van der Waals surface area contributed by atoms with Crippen molar-refractivity contribution in [3.8, 4) is 0 Å². The summed E-state index contributed by atoms with van der Waals surface area (Å²) in [5.74, 6) is -0.890. The number of thioether (sulfide) groups is 1. The van der Waals surface area contributed by atoms with Gasteiger partial charge in [0.2, 0.25) is 5.91 Å². The molecule has 0 spiro atoms. The van der Waals surface area contributed by atoms with Crippen LogP contribution in [0.25, 0.3) is 0 Å². The Morgan fingerprint density at radius 3 is 2.26 bits per heavy atom. The molecule has 2 N–H and O–H groups in total. The lowest BCUT2D eigenvalue weighted by atomic mass is 10.0. The number of hydrogen-bond donors (Lipinski definition) is 2. The number of benzene rings is 1. The Balaban J connectivity index is 2.65. The summed E-state index contributed by atoms with van der Waals surface area (Å²) in [4.78, 5) is 12.4. The predicted octanol–water partition coefficient (Wildman–Crippen LogP) is 3.05. The lowest BCUT2D eigenvalue weighted by molar-refractivity contribution is -0.252. The van der Waals surface area contributed by atoms with Crippen molar-refractivity contribution in [1.82, 2.24) is 0 Å². The number of nitrogens with one attached hydrogen (secondary N) is 1. The van der Waals surface area contributed by atoms with Gasteiger partial charge in [0.25, 0.3) is 0 Å². The molecule has 0 saturated heterocycles. The van der Waals surface area contributed by atoms with Crippen LogP contribution in [0.5, 0.6) is 0 Å². The molecule has 0 fully saturated rings. The van der Waals surface area contributed by atoms with Gasteiger partial charge in [-0.05, 0) is 37.4 Å². The molecule has 0 unspecified atom stereocenters. The Morgan fingerprint density at radius 2 is 1.84 bits per heavy atom. The number of rotatable bonds is 4. The van der Waals surface area contributed by atoms with E-state index >= 15 is 0 Å². The Bertz CT molecular complexity index is 443. The molecule has 1 aromatic rings. The summed E-state index contributed by atoms with van der Waals surface area (Å²) in [5, 5.41) is 11.5. The maximum Gasteiger partial charge on any atom is 0.417 e. The van der Waals surface area contributed by atoms with Crippen molar-refractivity contribution in [2.24, 2.45) is 0 Å². The number of alkyl halides is 3. The quantitative estimate of drug-likeness (QED) is 0.839. The smallest absolute Gasteiger partial charge is 0.380 e. The molecule has 0 aliphatic carbocycles. The average Bonchev–Trinajstić information content (AvgIpc) is 2.27. The van der Waals surface area contributed by atoms with Crippen LogP contribution in [0.3, 0.4) is 0 Å². The molecule has 106 valence electrons. The molecule has 3 nitrogen and oxygen atoms in total. The second-order valence-corrected chi connectivity index (χ2v) is 5.10. The molecule has 0 bridgehead atoms. The Hall–Kier alpha value is -1.21. The number of hydrogen-bond acceptors (Lipinski definition) is 3. The minimum atomic E-state index is -4.84. The molecule has 19 heavy (non-hydrogen) atoms. The standard InChI is InChI=1S/C12H14F3NO2S/c1-11(18,12(13,14)15)7-10(17)16-8-3-5-9(19-2)6-4-8/h3-6,18H,7H2,1-2H3,(H,16,17)/t11-/m0/s1. The van der Waals surface area contributed by atoms with Crippen LogP contribution in [0.15, 0.2) is 29.2 Å². The second-order valence-electron chi connectivity index (χ2n) is 4.23. The van der Waals surface area contributed by atoms with Crippen LogP contribution in [0, 0.1) is 0 Å². The van der Waals surface area contributed by atoms with Crippen molar-refractivity contribution in [3.05, 3.63) is 24.3 Å². The minimum absolute atomic E-state index is 0.390. The highest BCUT2D eigenvalue weighted by Crippen LogP contribution is 2.32. The highest BCUT2D eigenvalue weighted by molar-refractivity contribution is 7.98. The zero-order valence-corrected chi connectivity index (χ0v) is 11.2. The number of halogens is 3. The normalized spacial score (nSPS) is 14.8. The number of aliphatic hydroxyl groups is 1. The molecule has 1 rings (SSSR count). The molecular formula is C12H14F3NO2S. The summed E-state index contributed by atoms with van der Waals surface area (Å²) < 4.78 is 37.2. The van der Waals surface area contributed by atoms with Gasteiger partial charge < -0.3 is 10.4 Å². The zero-order chi connectivity index (χ0) is 14.7. The van der Waals surface area contributed by atoms with E-state index in [1.54, 1.807) is 24.3 Å². The third-order valence-electron chi connectivity index (χ3n) is 2.49. The fourth-order valence-corrected chi connectivity index (χ4v) is 1.70. The Labute approximate surface area is 113 Å². The van der Waals surface area contributed by atoms with Gasteiger partial charge in [-0.3, -0.25) is 4.79 Å². The van der Waals surface area contributed by atoms with Gasteiger partial charge in [-0.2, -0.15) is 13.2 Å². The summed E-state index contributed by atoms with van der Waals surface area (Å²) in [7, 11) is 0. The van der Waals surface area contributed by atoms with Crippen LogP contribution >= 0.6 is 11.8 Å². The topological polar surface area (TPSA) is 49.3 Å². The van der Waals surface area contributed by atoms with E-state index in [0.717, 1.165) is 4.90 Å². The van der Waals surface area contributed by atoms with Gasteiger partial charge in [0.15, 0.2) is 5.60 Å². The van der Waals surface area contributed by atoms with Crippen molar-refractivity contribution < 1.29 is 23.1 Å². The van der Waals surface area contributed by atoms with E-state index in [-0.39, 0.29) is 0 Å². The zero-order valence-electron chi connectivity index (χ0n) is 10.4. The lowest BCUT2D eigenvalue weighted by Crippen LogP contribution is -2.44. The van der Waals surface area contributed by atoms with Crippen molar-refractivity contribution in [1.29, 1.82) is 0 Å². The molecule has 1 atom stereocenters. The summed E-state index contributed by atoms with van der Waals surface area (Å²) in [6.45, 7) is 0.573. The van der Waals surface area contributed by atoms with E-state index in [4.69, 9.17) is 0 Å². The monoisotopic (exact) mass is 293 g/mol. The molecule has 0 aromatic heterocycles. The SMILES string of the molecule is CSc1ccc(NC(=O)C[C@](C)(O)C(F)(F)F)cc1. The van der Waals surface area contributed by atoms with E-state index in [9.17, 15) is 23.1 Å². The van der Waals surface area contributed by atoms with Crippen LogP contribution in [0.1, 0.15) is 13.3 Å². The van der Waals surface area contributed by atoms with Gasteiger partial charge in [0, 0.05) is 10.6 Å². The summed E-state index contributed by atoms with van der Waals surface area (Å²) >= 11 is 1.51. The van der Waals surface area contributed by atoms with Crippen molar-refractivity contribution >= 4 is 23.4 Å². The van der Waals surface area contributed by atoms with Crippen molar-refractivity contribution in [2.45, 2.75) is 30.0 Å². The van der Waals surface area contributed by atoms with E-state index < -0.39 is 24.1 Å². The highest BCUT2D eigenvalue weighted by atomic mass is 32.2. The van der Waals surface area contributed by atoms with Crippen LogP contribution < -0.4 is 5.32 Å². The molecule has 0 heterocycles. The van der Waals surface area contributed by atoms with Gasteiger partial charge >= 0.3 is 6.18 Å². The molecule has 0 saturated carbocycles. The van der Waals surface area contributed by atoms with Crippen LogP contribution in [0.4, 0.5) is 18.9 Å². The van der Waals surface area contributed by atoms with Gasteiger partial charge in [0.05, 0.1) is 6.42 Å². The summed E-state index contributed by atoms with van der Waals surface area (Å²) in [5.41, 5.74) is -2.64.